The molecule has 2 nitrogen and oxygen atoms in total. The summed E-state index contributed by atoms with van der Waals surface area (Å²) < 4.78 is 0. The molecule has 1 fully saturated rings. The maximum atomic E-state index is 5.58. The molecule has 0 aromatic heterocycles. The number of hydrazine groups is 1. The molecule has 0 aliphatic heterocycles. The minimum atomic E-state index is 0.450. The lowest BCUT2D eigenvalue weighted by Gasteiger charge is -2.27. The van der Waals surface area contributed by atoms with Crippen molar-refractivity contribution in [3.63, 3.8) is 0 Å². The van der Waals surface area contributed by atoms with Crippen LogP contribution in [0.1, 0.15) is 51.4 Å². The Bertz CT molecular complexity index is 148. The second-order valence-electron chi connectivity index (χ2n) is 4.40. The molecule has 2 heteroatoms. The number of nitrogens with one attached hydrogen (secondary N) is 1. The zero-order valence-electron chi connectivity index (χ0n) is 9.17. The van der Waals surface area contributed by atoms with Crippen molar-refractivity contribution in [1.82, 2.24) is 5.43 Å². The van der Waals surface area contributed by atoms with Crippen LogP contribution in [0.15, 0.2) is 12.7 Å². The van der Waals surface area contributed by atoms with Gasteiger partial charge in [-0.05, 0) is 25.2 Å². The van der Waals surface area contributed by atoms with Crippen molar-refractivity contribution in [3.05, 3.63) is 12.7 Å². The Hall–Kier alpha value is -0.340. The Labute approximate surface area is 87.9 Å². The van der Waals surface area contributed by atoms with Crippen molar-refractivity contribution in [2.45, 2.75) is 57.4 Å². The topological polar surface area (TPSA) is 38.0 Å². The van der Waals surface area contributed by atoms with Gasteiger partial charge in [-0.15, -0.1) is 6.58 Å². The molecule has 0 aromatic carbocycles. The summed E-state index contributed by atoms with van der Waals surface area (Å²) in [6.45, 7) is 3.79. The highest BCUT2D eigenvalue weighted by atomic mass is 15.2. The number of nitrogens with two attached hydrogens (primary N) is 1. The maximum absolute atomic E-state index is 5.58. The predicted molar refractivity (Wildman–Crippen MR) is 61.7 cm³/mol. The van der Waals surface area contributed by atoms with Gasteiger partial charge in [0.15, 0.2) is 0 Å². The molecule has 0 spiro atoms. The summed E-state index contributed by atoms with van der Waals surface area (Å²) in [6.07, 6.45) is 12.6. The van der Waals surface area contributed by atoms with Crippen molar-refractivity contribution in [1.29, 1.82) is 0 Å². The first kappa shape index (κ1) is 11.7. The normalized spacial score (nSPS) is 22.4. The van der Waals surface area contributed by atoms with E-state index in [4.69, 9.17) is 5.84 Å². The zero-order valence-corrected chi connectivity index (χ0v) is 9.17. The molecule has 3 N–H and O–H groups in total. The number of rotatable bonds is 4. The number of hydrogen-bond acceptors (Lipinski definition) is 2. The van der Waals surface area contributed by atoms with Crippen molar-refractivity contribution < 1.29 is 0 Å². The zero-order chi connectivity index (χ0) is 10.2. The van der Waals surface area contributed by atoms with E-state index in [0.29, 0.717) is 6.04 Å². The fourth-order valence-corrected chi connectivity index (χ4v) is 2.47. The van der Waals surface area contributed by atoms with E-state index in [2.05, 4.69) is 12.0 Å². The standard InChI is InChI=1S/C12H24N2/c1-2-8-12(14-13)11-9-6-4-3-5-7-10-11/h2,11-12,14H,1,3-10,13H2. The molecule has 82 valence electrons. The van der Waals surface area contributed by atoms with Crippen molar-refractivity contribution in [3.8, 4) is 0 Å². The molecule has 1 rings (SSSR count). The third-order valence-electron chi connectivity index (χ3n) is 3.35. The van der Waals surface area contributed by atoms with Crippen LogP contribution in [0.25, 0.3) is 0 Å². The third kappa shape index (κ3) is 3.81. The Morgan fingerprint density at radius 2 is 1.79 bits per heavy atom. The predicted octanol–water partition coefficient (Wildman–Crippen LogP) is 2.75. The molecule has 0 heterocycles. The lowest BCUT2D eigenvalue weighted by molar-refractivity contribution is 0.288. The van der Waals surface area contributed by atoms with Crippen molar-refractivity contribution in [2.24, 2.45) is 11.8 Å². The Kier molecular flexibility index (Phi) is 5.88. The van der Waals surface area contributed by atoms with Gasteiger partial charge in [0.25, 0.3) is 0 Å². The first-order chi connectivity index (χ1) is 6.88. The molecule has 1 aliphatic rings. The van der Waals surface area contributed by atoms with Gasteiger partial charge in [-0.25, -0.2) is 0 Å². The summed E-state index contributed by atoms with van der Waals surface area (Å²) in [5, 5.41) is 0. The monoisotopic (exact) mass is 196 g/mol. The average molecular weight is 196 g/mol. The largest absolute Gasteiger partial charge is 0.271 e. The van der Waals surface area contributed by atoms with Crippen molar-refractivity contribution in [2.75, 3.05) is 0 Å². The van der Waals surface area contributed by atoms with Gasteiger partial charge in [0, 0.05) is 6.04 Å². The van der Waals surface area contributed by atoms with Gasteiger partial charge in [-0.3, -0.25) is 11.3 Å². The van der Waals surface area contributed by atoms with Crippen LogP contribution in [0.5, 0.6) is 0 Å². The smallest absolute Gasteiger partial charge is 0.0273 e. The molecule has 0 aromatic rings. The highest BCUT2D eigenvalue weighted by Gasteiger charge is 2.19. The van der Waals surface area contributed by atoms with Crippen LogP contribution in [0.4, 0.5) is 0 Å². The quantitative estimate of drug-likeness (QED) is 0.412. The lowest BCUT2D eigenvalue weighted by atomic mass is 9.85. The molecule has 1 unspecified atom stereocenters. The Morgan fingerprint density at radius 3 is 2.29 bits per heavy atom. The average Bonchev–Trinajstić information content (AvgIpc) is 2.15. The minimum absolute atomic E-state index is 0.450. The highest BCUT2D eigenvalue weighted by molar-refractivity contribution is 4.82. The van der Waals surface area contributed by atoms with Crippen LogP contribution in [0.2, 0.25) is 0 Å². The molecule has 14 heavy (non-hydrogen) atoms. The van der Waals surface area contributed by atoms with E-state index < -0.39 is 0 Å². The van der Waals surface area contributed by atoms with Crippen LogP contribution in [0.3, 0.4) is 0 Å². The van der Waals surface area contributed by atoms with E-state index in [1.807, 2.05) is 6.08 Å². The van der Waals surface area contributed by atoms with E-state index in [9.17, 15) is 0 Å². The van der Waals surface area contributed by atoms with Crippen molar-refractivity contribution >= 4 is 0 Å². The molecule has 1 atom stereocenters. The first-order valence-electron chi connectivity index (χ1n) is 5.95. The van der Waals surface area contributed by atoms with E-state index in [-0.39, 0.29) is 0 Å². The van der Waals surface area contributed by atoms with Gasteiger partial charge in [-0.2, -0.15) is 0 Å². The maximum Gasteiger partial charge on any atom is 0.0273 e. The second kappa shape index (κ2) is 7.02. The second-order valence-corrected chi connectivity index (χ2v) is 4.40. The Balaban J connectivity index is 2.39. The first-order valence-corrected chi connectivity index (χ1v) is 5.95. The van der Waals surface area contributed by atoms with Crippen LogP contribution in [-0.4, -0.2) is 6.04 Å². The Morgan fingerprint density at radius 1 is 1.21 bits per heavy atom. The van der Waals surface area contributed by atoms with Crippen LogP contribution in [-0.2, 0) is 0 Å². The molecular formula is C12H24N2. The minimum Gasteiger partial charge on any atom is -0.271 e. The van der Waals surface area contributed by atoms with Gasteiger partial charge in [0.1, 0.15) is 0 Å². The van der Waals surface area contributed by atoms with E-state index in [1.54, 1.807) is 0 Å². The van der Waals surface area contributed by atoms with Gasteiger partial charge in [-0.1, -0.05) is 38.2 Å². The molecule has 1 aliphatic carbocycles. The fraction of sp³-hybridized carbons (Fsp3) is 0.833. The summed E-state index contributed by atoms with van der Waals surface area (Å²) in [4.78, 5) is 0. The molecule has 0 amide bonds. The molecule has 0 saturated heterocycles. The molecular weight excluding hydrogens is 172 g/mol. The van der Waals surface area contributed by atoms with E-state index >= 15 is 0 Å². The summed E-state index contributed by atoms with van der Waals surface area (Å²) in [5.41, 5.74) is 2.95. The molecule has 0 bridgehead atoms. The SMILES string of the molecule is C=CCC(NN)C1CCCCCCC1. The molecule has 1 saturated carbocycles. The highest BCUT2D eigenvalue weighted by Crippen LogP contribution is 2.25. The van der Waals surface area contributed by atoms with E-state index in [1.165, 1.54) is 44.9 Å². The summed E-state index contributed by atoms with van der Waals surface area (Å²) in [7, 11) is 0. The summed E-state index contributed by atoms with van der Waals surface area (Å²) >= 11 is 0. The van der Waals surface area contributed by atoms with Gasteiger partial charge in [0.05, 0.1) is 0 Å². The van der Waals surface area contributed by atoms with Gasteiger partial charge in [0.2, 0.25) is 0 Å². The number of hydrogen-bond donors (Lipinski definition) is 2. The van der Waals surface area contributed by atoms with Gasteiger partial charge >= 0.3 is 0 Å². The van der Waals surface area contributed by atoms with Crippen LogP contribution in [0, 0.1) is 5.92 Å². The molecule has 0 radical (unpaired) electrons. The van der Waals surface area contributed by atoms with E-state index in [0.717, 1.165) is 12.3 Å². The van der Waals surface area contributed by atoms with Gasteiger partial charge < -0.3 is 0 Å². The lowest BCUT2D eigenvalue weighted by Crippen LogP contribution is -2.40. The fourth-order valence-electron chi connectivity index (χ4n) is 2.47. The third-order valence-corrected chi connectivity index (χ3v) is 3.35. The summed E-state index contributed by atoms with van der Waals surface area (Å²) in [5.74, 6) is 6.34. The van der Waals surface area contributed by atoms with Crippen LogP contribution >= 0.6 is 0 Å². The van der Waals surface area contributed by atoms with Crippen LogP contribution < -0.4 is 11.3 Å². The summed E-state index contributed by atoms with van der Waals surface area (Å²) in [6, 6.07) is 0.450.